The van der Waals surface area contributed by atoms with Gasteiger partial charge in [0.15, 0.2) is 14.9 Å². The molecule has 0 unspecified atom stereocenters. The van der Waals surface area contributed by atoms with Gasteiger partial charge in [-0.15, -0.1) is 0 Å². The molecule has 106 valence electrons. The molecular weight excluding hydrogens is 300 g/mol. The van der Waals surface area contributed by atoms with E-state index in [1.165, 1.54) is 0 Å². The molecule has 11 heteroatoms. The third kappa shape index (κ3) is 4.71. The zero-order valence-electron chi connectivity index (χ0n) is 9.60. The van der Waals surface area contributed by atoms with Crippen LogP contribution in [0.5, 0.6) is 5.75 Å². The summed E-state index contributed by atoms with van der Waals surface area (Å²) in [5, 5.41) is 18.7. The number of anilines is 1. The third-order valence-electron chi connectivity index (χ3n) is 1.83. The van der Waals surface area contributed by atoms with Crippen LogP contribution in [0.25, 0.3) is 0 Å². The van der Waals surface area contributed by atoms with E-state index in [1.54, 1.807) is 4.72 Å². The van der Waals surface area contributed by atoms with Crippen LogP contribution in [-0.4, -0.2) is 38.2 Å². The number of nitro benzene ring substituents is 1. The van der Waals surface area contributed by atoms with Crippen LogP contribution >= 0.6 is 0 Å². The van der Waals surface area contributed by atoms with E-state index in [1.807, 2.05) is 0 Å². The minimum absolute atomic E-state index is 0.449. The summed E-state index contributed by atoms with van der Waals surface area (Å²) in [6.45, 7) is 0. The highest BCUT2D eigenvalue weighted by molar-refractivity contribution is 8.08. The van der Waals surface area contributed by atoms with Crippen molar-refractivity contribution in [2.45, 2.75) is 0 Å². The average molecular weight is 310 g/mol. The Kier molecular flexibility index (Phi) is 4.00. The van der Waals surface area contributed by atoms with E-state index >= 15 is 0 Å². The Hall–Kier alpha value is -1.88. The van der Waals surface area contributed by atoms with Crippen LogP contribution in [-0.2, 0) is 19.9 Å². The fraction of sp³-hybridized carbons (Fsp3) is 0.250. The Morgan fingerprint density at radius 1 is 1.32 bits per heavy atom. The summed E-state index contributed by atoms with van der Waals surface area (Å²) < 4.78 is 46.5. The number of nitrogens with zero attached hydrogens (tertiary/aromatic N) is 1. The van der Waals surface area contributed by atoms with Crippen molar-refractivity contribution in [2.24, 2.45) is 0 Å². The van der Waals surface area contributed by atoms with Crippen LogP contribution in [0.3, 0.4) is 0 Å². The normalized spacial score (nSPS) is 12.1. The van der Waals surface area contributed by atoms with Gasteiger partial charge in [-0.1, -0.05) is 0 Å². The SMILES string of the molecule is CS(=O)(=O)CS(=O)(=O)Nc1cc([N+](=O)[O-])ccc1O. The van der Waals surface area contributed by atoms with Crippen molar-refractivity contribution in [3.05, 3.63) is 28.3 Å². The van der Waals surface area contributed by atoms with Crippen molar-refractivity contribution in [3.8, 4) is 5.75 Å². The van der Waals surface area contributed by atoms with Crippen molar-refractivity contribution in [3.63, 3.8) is 0 Å². The van der Waals surface area contributed by atoms with Gasteiger partial charge in [-0.3, -0.25) is 14.8 Å². The van der Waals surface area contributed by atoms with Crippen LogP contribution < -0.4 is 4.72 Å². The summed E-state index contributed by atoms with van der Waals surface area (Å²) in [5.41, 5.74) is -0.910. The second-order valence-electron chi connectivity index (χ2n) is 3.72. The zero-order chi connectivity index (χ0) is 14.8. The Balaban J connectivity index is 3.12. The molecule has 0 spiro atoms. The first kappa shape index (κ1) is 15.2. The first-order chi connectivity index (χ1) is 8.50. The lowest BCUT2D eigenvalue weighted by Gasteiger charge is -2.08. The fourth-order valence-electron chi connectivity index (χ4n) is 1.20. The number of hydrogen-bond donors (Lipinski definition) is 2. The Labute approximate surface area is 109 Å². The molecule has 0 amide bonds. The minimum atomic E-state index is -4.28. The molecule has 2 N–H and O–H groups in total. The van der Waals surface area contributed by atoms with E-state index in [-0.39, 0.29) is 0 Å². The Morgan fingerprint density at radius 2 is 1.89 bits per heavy atom. The summed E-state index contributed by atoms with van der Waals surface area (Å²) in [7, 11) is -8.09. The molecular formula is C8H10N2O7S2. The van der Waals surface area contributed by atoms with Crippen molar-refractivity contribution in [1.82, 2.24) is 0 Å². The van der Waals surface area contributed by atoms with Gasteiger partial charge >= 0.3 is 0 Å². The molecule has 0 aliphatic rings. The summed E-state index contributed by atoms with van der Waals surface area (Å²) >= 11 is 0. The molecule has 1 aromatic rings. The predicted molar refractivity (Wildman–Crippen MR) is 67.0 cm³/mol. The molecule has 0 bridgehead atoms. The van der Waals surface area contributed by atoms with Crippen molar-refractivity contribution < 1.29 is 26.9 Å². The minimum Gasteiger partial charge on any atom is -0.506 e. The zero-order valence-corrected chi connectivity index (χ0v) is 11.2. The molecule has 1 aromatic carbocycles. The first-order valence-electron chi connectivity index (χ1n) is 4.66. The van der Waals surface area contributed by atoms with Crippen molar-refractivity contribution in [1.29, 1.82) is 0 Å². The monoisotopic (exact) mass is 310 g/mol. The highest BCUT2D eigenvalue weighted by Crippen LogP contribution is 2.28. The van der Waals surface area contributed by atoms with Crippen LogP contribution in [0, 0.1) is 10.1 Å². The number of phenols is 1. The molecule has 0 saturated heterocycles. The van der Waals surface area contributed by atoms with Gasteiger partial charge in [0.25, 0.3) is 5.69 Å². The van der Waals surface area contributed by atoms with Gasteiger partial charge in [-0.2, -0.15) is 0 Å². The van der Waals surface area contributed by atoms with Crippen LogP contribution in [0.15, 0.2) is 18.2 Å². The summed E-state index contributed by atoms with van der Waals surface area (Å²) in [4.78, 5) is 9.73. The Morgan fingerprint density at radius 3 is 2.37 bits per heavy atom. The number of nitro groups is 1. The maximum Gasteiger partial charge on any atom is 0.271 e. The number of hydrogen-bond acceptors (Lipinski definition) is 7. The quantitative estimate of drug-likeness (QED) is 0.444. The molecule has 19 heavy (non-hydrogen) atoms. The molecule has 9 nitrogen and oxygen atoms in total. The fourth-order valence-corrected chi connectivity index (χ4v) is 4.19. The lowest BCUT2D eigenvalue weighted by atomic mass is 10.2. The van der Waals surface area contributed by atoms with Crippen molar-refractivity contribution in [2.75, 3.05) is 16.1 Å². The maximum absolute atomic E-state index is 11.5. The summed E-state index contributed by atoms with van der Waals surface area (Å²) in [6, 6.07) is 2.69. The van der Waals surface area contributed by atoms with E-state index < -0.39 is 47.0 Å². The second-order valence-corrected chi connectivity index (χ2v) is 7.95. The number of non-ortho nitro benzene ring substituents is 1. The first-order valence-corrected chi connectivity index (χ1v) is 8.37. The number of rotatable bonds is 5. The van der Waals surface area contributed by atoms with Gasteiger partial charge in [0.05, 0.1) is 10.6 Å². The van der Waals surface area contributed by atoms with E-state index in [4.69, 9.17) is 0 Å². The average Bonchev–Trinajstić information content (AvgIpc) is 2.16. The van der Waals surface area contributed by atoms with E-state index in [0.717, 1.165) is 24.5 Å². The van der Waals surface area contributed by atoms with Gasteiger partial charge in [0, 0.05) is 18.4 Å². The van der Waals surface area contributed by atoms with E-state index in [0.29, 0.717) is 0 Å². The number of nitrogens with one attached hydrogen (secondary N) is 1. The molecule has 1 rings (SSSR count). The van der Waals surface area contributed by atoms with Gasteiger partial charge in [-0.25, -0.2) is 16.8 Å². The van der Waals surface area contributed by atoms with E-state index in [2.05, 4.69) is 0 Å². The lowest BCUT2D eigenvalue weighted by Crippen LogP contribution is -2.22. The molecule has 0 aliphatic carbocycles. The number of phenolic OH excluding ortho intramolecular Hbond substituents is 1. The molecule has 0 fully saturated rings. The highest BCUT2D eigenvalue weighted by Gasteiger charge is 2.20. The molecule has 0 aromatic heterocycles. The standard InChI is InChI=1S/C8H10N2O7S2/c1-18(14,15)5-19(16,17)9-7-4-6(10(12)13)2-3-8(7)11/h2-4,9,11H,5H2,1H3. The highest BCUT2D eigenvalue weighted by atomic mass is 32.3. The Bertz CT molecular complexity index is 709. The van der Waals surface area contributed by atoms with E-state index in [9.17, 15) is 32.1 Å². The summed E-state index contributed by atoms with van der Waals surface area (Å²) in [5.74, 6) is -0.553. The topological polar surface area (TPSA) is 144 Å². The number of sulfone groups is 1. The van der Waals surface area contributed by atoms with Crippen molar-refractivity contribution >= 4 is 31.2 Å². The van der Waals surface area contributed by atoms with Gasteiger partial charge < -0.3 is 5.11 Å². The van der Waals surface area contributed by atoms with Crippen LogP contribution in [0.2, 0.25) is 0 Å². The molecule has 0 saturated carbocycles. The number of sulfonamides is 1. The van der Waals surface area contributed by atoms with Crippen LogP contribution in [0.4, 0.5) is 11.4 Å². The molecule has 0 atom stereocenters. The third-order valence-corrected chi connectivity index (χ3v) is 5.31. The molecule has 0 heterocycles. The lowest BCUT2D eigenvalue weighted by molar-refractivity contribution is -0.384. The summed E-state index contributed by atoms with van der Waals surface area (Å²) in [6.07, 6.45) is 0.722. The van der Waals surface area contributed by atoms with Crippen LogP contribution in [0.1, 0.15) is 0 Å². The maximum atomic E-state index is 11.5. The van der Waals surface area contributed by atoms with Gasteiger partial charge in [-0.05, 0) is 6.07 Å². The van der Waals surface area contributed by atoms with Gasteiger partial charge in [0.1, 0.15) is 5.75 Å². The molecule has 0 radical (unpaired) electrons. The number of aromatic hydroxyl groups is 1. The second kappa shape index (κ2) is 5.01. The predicted octanol–water partition coefficient (Wildman–Crippen LogP) is 0.0442. The number of benzene rings is 1. The largest absolute Gasteiger partial charge is 0.506 e. The van der Waals surface area contributed by atoms with Gasteiger partial charge in [0.2, 0.25) is 10.0 Å². The molecule has 0 aliphatic heterocycles. The smallest absolute Gasteiger partial charge is 0.271 e.